The van der Waals surface area contributed by atoms with Gasteiger partial charge in [0.2, 0.25) is 0 Å². The molecule has 3 nitrogen and oxygen atoms in total. The summed E-state index contributed by atoms with van der Waals surface area (Å²) >= 11 is 5.96. The average Bonchev–Trinajstić information content (AvgIpc) is 2.27. The molecule has 5 heteroatoms. The van der Waals surface area contributed by atoms with Gasteiger partial charge in [0.05, 0.1) is 6.61 Å². The number of hydrogen-bond donors (Lipinski definition) is 1. The normalized spacial score (nSPS) is 12.6. The number of benzene rings is 1. The summed E-state index contributed by atoms with van der Waals surface area (Å²) in [5.74, 6) is -1.05. The maximum atomic E-state index is 13.8. The third-order valence-corrected chi connectivity index (χ3v) is 2.64. The Balaban J connectivity index is 3.13. The van der Waals surface area contributed by atoms with Crippen LogP contribution in [0.3, 0.4) is 0 Å². The van der Waals surface area contributed by atoms with Crippen LogP contribution in [0.5, 0.6) is 0 Å². The highest BCUT2D eigenvalue weighted by molar-refractivity contribution is 6.31. The van der Waals surface area contributed by atoms with Gasteiger partial charge in [-0.1, -0.05) is 17.7 Å². The number of rotatable bonds is 5. The van der Waals surface area contributed by atoms with Crippen LogP contribution in [-0.2, 0) is 9.53 Å². The van der Waals surface area contributed by atoms with Crippen LogP contribution in [0.1, 0.15) is 32.4 Å². The first-order valence-electron chi connectivity index (χ1n) is 5.84. The van der Waals surface area contributed by atoms with Gasteiger partial charge < -0.3 is 4.74 Å². The molecule has 0 amide bonds. The van der Waals surface area contributed by atoms with Crippen molar-refractivity contribution in [1.29, 1.82) is 0 Å². The van der Waals surface area contributed by atoms with Crippen molar-refractivity contribution >= 4 is 17.6 Å². The molecule has 1 aromatic carbocycles. The van der Waals surface area contributed by atoms with Crippen molar-refractivity contribution in [3.8, 4) is 0 Å². The fraction of sp³-hybridized carbons (Fsp3) is 0.462. The second-order valence-electron chi connectivity index (χ2n) is 4.14. The topological polar surface area (TPSA) is 38.3 Å². The Hall–Kier alpha value is -1.13. The van der Waals surface area contributed by atoms with E-state index in [2.05, 4.69) is 5.32 Å². The number of carbonyl (C=O) groups excluding carboxylic acids is 1. The van der Waals surface area contributed by atoms with E-state index in [1.54, 1.807) is 13.0 Å². The second kappa shape index (κ2) is 6.71. The monoisotopic (exact) mass is 273 g/mol. The molecule has 1 rings (SSSR count). The smallest absolute Gasteiger partial charge is 0.327 e. The Bertz CT molecular complexity index is 403. The molecule has 0 heterocycles. The van der Waals surface area contributed by atoms with E-state index >= 15 is 0 Å². The number of hydrogen-bond acceptors (Lipinski definition) is 3. The lowest BCUT2D eigenvalue weighted by Crippen LogP contribution is -2.35. The molecular formula is C13H17ClFNO2. The molecule has 0 radical (unpaired) electrons. The highest BCUT2D eigenvalue weighted by Gasteiger charge is 2.27. The van der Waals surface area contributed by atoms with Gasteiger partial charge in [-0.3, -0.25) is 5.32 Å². The fourth-order valence-corrected chi connectivity index (χ4v) is 1.89. The molecule has 0 aliphatic rings. The van der Waals surface area contributed by atoms with Crippen LogP contribution in [0.15, 0.2) is 18.2 Å². The van der Waals surface area contributed by atoms with E-state index in [9.17, 15) is 9.18 Å². The van der Waals surface area contributed by atoms with E-state index in [0.717, 1.165) is 0 Å². The summed E-state index contributed by atoms with van der Waals surface area (Å²) in [7, 11) is 0. The van der Waals surface area contributed by atoms with E-state index in [0.29, 0.717) is 0 Å². The summed E-state index contributed by atoms with van der Waals surface area (Å²) in [4.78, 5) is 11.9. The molecule has 1 aromatic rings. The van der Waals surface area contributed by atoms with Crippen molar-refractivity contribution in [2.45, 2.75) is 32.9 Å². The molecule has 0 bridgehead atoms. The predicted molar refractivity (Wildman–Crippen MR) is 69.1 cm³/mol. The van der Waals surface area contributed by atoms with Crippen LogP contribution in [0.2, 0.25) is 5.02 Å². The minimum Gasteiger partial charge on any atom is -0.465 e. The first-order valence-corrected chi connectivity index (χ1v) is 6.21. The van der Waals surface area contributed by atoms with Gasteiger partial charge in [0, 0.05) is 16.6 Å². The highest BCUT2D eigenvalue weighted by Crippen LogP contribution is 2.27. The van der Waals surface area contributed by atoms with Gasteiger partial charge in [0.1, 0.15) is 11.9 Å². The average molecular weight is 274 g/mol. The maximum Gasteiger partial charge on any atom is 0.327 e. The molecule has 0 saturated heterocycles. The summed E-state index contributed by atoms with van der Waals surface area (Å²) in [6.07, 6.45) is 0. The lowest BCUT2D eigenvalue weighted by atomic mass is 10.1. The van der Waals surface area contributed by atoms with Crippen molar-refractivity contribution in [2.75, 3.05) is 6.61 Å². The maximum absolute atomic E-state index is 13.8. The van der Waals surface area contributed by atoms with Gasteiger partial charge >= 0.3 is 5.97 Å². The Morgan fingerprint density at radius 2 is 2.17 bits per heavy atom. The van der Waals surface area contributed by atoms with Gasteiger partial charge in [-0.05, 0) is 32.9 Å². The lowest BCUT2D eigenvalue weighted by molar-refractivity contribution is -0.146. The molecule has 1 atom stereocenters. The third-order valence-electron chi connectivity index (χ3n) is 2.31. The standard InChI is InChI=1S/C13H17ClFNO2/c1-4-18-13(17)12(16-8(2)3)11-9(14)6-5-7-10(11)15/h5-8,12,16H,4H2,1-3H3. The zero-order chi connectivity index (χ0) is 13.7. The zero-order valence-corrected chi connectivity index (χ0v) is 11.4. The van der Waals surface area contributed by atoms with Gasteiger partial charge in [-0.25, -0.2) is 9.18 Å². The van der Waals surface area contributed by atoms with E-state index in [1.807, 2.05) is 13.8 Å². The molecule has 1 unspecified atom stereocenters. The SMILES string of the molecule is CCOC(=O)C(NC(C)C)c1c(F)cccc1Cl. The van der Waals surface area contributed by atoms with Crippen LogP contribution in [-0.4, -0.2) is 18.6 Å². The Labute approximate surface area is 111 Å². The fourth-order valence-electron chi connectivity index (χ4n) is 1.61. The molecule has 0 aliphatic heterocycles. The molecule has 0 spiro atoms. The van der Waals surface area contributed by atoms with E-state index in [1.165, 1.54) is 12.1 Å². The van der Waals surface area contributed by atoms with Crippen molar-refractivity contribution < 1.29 is 13.9 Å². The van der Waals surface area contributed by atoms with E-state index < -0.39 is 17.8 Å². The van der Waals surface area contributed by atoms with Crippen LogP contribution in [0.4, 0.5) is 4.39 Å². The van der Waals surface area contributed by atoms with Crippen LogP contribution in [0, 0.1) is 5.82 Å². The number of carbonyl (C=O) groups is 1. The summed E-state index contributed by atoms with van der Waals surface area (Å²) in [5.41, 5.74) is 0.131. The van der Waals surface area contributed by atoms with Gasteiger partial charge in [-0.15, -0.1) is 0 Å². The third kappa shape index (κ3) is 3.68. The largest absolute Gasteiger partial charge is 0.465 e. The van der Waals surface area contributed by atoms with Crippen LogP contribution in [0.25, 0.3) is 0 Å². The van der Waals surface area contributed by atoms with Crippen molar-refractivity contribution in [1.82, 2.24) is 5.32 Å². The summed E-state index contributed by atoms with van der Waals surface area (Å²) in [6.45, 7) is 5.66. The Morgan fingerprint density at radius 3 is 2.67 bits per heavy atom. The first kappa shape index (κ1) is 14.9. The lowest BCUT2D eigenvalue weighted by Gasteiger charge is -2.21. The highest BCUT2D eigenvalue weighted by atomic mass is 35.5. The van der Waals surface area contributed by atoms with Gasteiger partial charge in [0.25, 0.3) is 0 Å². The molecule has 0 fully saturated rings. The Morgan fingerprint density at radius 1 is 1.50 bits per heavy atom. The van der Waals surface area contributed by atoms with E-state index in [-0.39, 0.29) is 23.2 Å². The van der Waals surface area contributed by atoms with Crippen LogP contribution >= 0.6 is 11.6 Å². The minimum absolute atomic E-state index is 0.00456. The van der Waals surface area contributed by atoms with Crippen molar-refractivity contribution in [3.05, 3.63) is 34.6 Å². The summed E-state index contributed by atoms with van der Waals surface area (Å²) in [6, 6.07) is 3.43. The van der Waals surface area contributed by atoms with Gasteiger partial charge in [-0.2, -0.15) is 0 Å². The number of esters is 1. The number of ether oxygens (including phenoxy) is 1. The van der Waals surface area contributed by atoms with Crippen molar-refractivity contribution in [2.24, 2.45) is 0 Å². The summed E-state index contributed by atoms with van der Waals surface area (Å²) in [5, 5.41) is 3.17. The predicted octanol–water partition coefficient (Wildman–Crippen LogP) is 3.08. The minimum atomic E-state index is -0.890. The zero-order valence-electron chi connectivity index (χ0n) is 10.7. The van der Waals surface area contributed by atoms with E-state index in [4.69, 9.17) is 16.3 Å². The number of nitrogens with one attached hydrogen (secondary N) is 1. The second-order valence-corrected chi connectivity index (χ2v) is 4.55. The molecule has 1 N–H and O–H groups in total. The summed E-state index contributed by atoms with van der Waals surface area (Å²) < 4.78 is 18.8. The molecule has 0 saturated carbocycles. The van der Waals surface area contributed by atoms with Crippen LogP contribution < -0.4 is 5.32 Å². The molecule has 18 heavy (non-hydrogen) atoms. The molecule has 0 aromatic heterocycles. The Kier molecular flexibility index (Phi) is 5.56. The van der Waals surface area contributed by atoms with Gasteiger partial charge in [0.15, 0.2) is 0 Å². The molecular weight excluding hydrogens is 257 g/mol. The molecule has 0 aliphatic carbocycles. The first-order chi connectivity index (χ1) is 8.47. The number of halogens is 2. The van der Waals surface area contributed by atoms with Crippen molar-refractivity contribution in [3.63, 3.8) is 0 Å². The quantitative estimate of drug-likeness (QED) is 0.838. The molecule has 100 valence electrons.